The molecule has 6 heteroatoms. The van der Waals surface area contributed by atoms with Gasteiger partial charge in [-0.2, -0.15) is 0 Å². The zero-order chi connectivity index (χ0) is 17.8. The average molecular weight is 375 g/mol. The van der Waals surface area contributed by atoms with Gasteiger partial charge >= 0.3 is 0 Å². The summed E-state index contributed by atoms with van der Waals surface area (Å²) in [5.74, 6) is 0.276. The fourth-order valence-electron chi connectivity index (χ4n) is 2.90. The van der Waals surface area contributed by atoms with Gasteiger partial charge in [0.2, 0.25) is 11.8 Å². The van der Waals surface area contributed by atoms with E-state index >= 15 is 0 Å². The molecular formula is C19H19ClN2O2S. The molecule has 2 amide bonds. The highest BCUT2D eigenvalue weighted by molar-refractivity contribution is 8.00. The molecule has 0 spiro atoms. The van der Waals surface area contributed by atoms with Crippen LogP contribution in [0, 0.1) is 0 Å². The molecule has 1 N–H and O–H groups in total. The topological polar surface area (TPSA) is 49.4 Å². The van der Waals surface area contributed by atoms with Crippen LogP contribution in [0.2, 0.25) is 0 Å². The van der Waals surface area contributed by atoms with Gasteiger partial charge in [0.05, 0.1) is 5.75 Å². The molecule has 0 aliphatic carbocycles. The number of anilines is 2. The molecule has 2 aromatic carbocycles. The molecule has 130 valence electrons. The Morgan fingerprint density at radius 3 is 2.64 bits per heavy atom. The Kier molecular flexibility index (Phi) is 5.66. The molecule has 1 unspecified atom stereocenters. The van der Waals surface area contributed by atoms with E-state index in [9.17, 15) is 9.59 Å². The first kappa shape index (κ1) is 17.8. The van der Waals surface area contributed by atoms with Crippen LogP contribution in [0.3, 0.4) is 0 Å². The quantitative estimate of drug-likeness (QED) is 0.798. The lowest BCUT2D eigenvalue weighted by Crippen LogP contribution is -2.28. The summed E-state index contributed by atoms with van der Waals surface area (Å²) < 4.78 is 0. The molecule has 1 aliphatic heterocycles. The molecular weight excluding hydrogens is 356 g/mol. The molecule has 1 atom stereocenters. The average Bonchev–Trinajstić information content (AvgIpc) is 3.03. The zero-order valence-electron chi connectivity index (χ0n) is 13.9. The summed E-state index contributed by atoms with van der Waals surface area (Å²) in [4.78, 5) is 25.8. The van der Waals surface area contributed by atoms with Crippen LogP contribution in [0.15, 0.2) is 48.5 Å². The van der Waals surface area contributed by atoms with Crippen molar-refractivity contribution in [1.82, 2.24) is 0 Å². The van der Waals surface area contributed by atoms with Gasteiger partial charge in [0.1, 0.15) is 11.3 Å². The number of aryl methyl sites for hydroxylation is 1. The third-order valence-electron chi connectivity index (χ3n) is 4.10. The maximum absolute atomic E-state index is 12.5. The monoisotopic (exact) mass is 374 g/mol. The second-order valence-electron chi connectivity index (χ2n) is 5.71. The number of rotatable bonds is 5. The molecule has 1 fully saturated rings. The van der Waals surface area contributed by atoms with E-state index in [0.717, 1.165) is 23.2 Å². The summed E-state index contributed by atoms with van der Waals surface area (Å²) in [5.41, 5.74) is 3.87. The second-order valence-corrected chi connectivity index (χ2v) is 7.05. The van der Waals surface area contributed by atoms with E-state index in [1.54, 1.807) is 11.8 Å². The fourth-order valence-corrected chi connectivity index (χ4v) is 4.14. The molecule has 0 bridgehead atoms. The van der Waals surface area contributed by atoms with E-state index in [1.165, 1.54) is 0 Å². The van der Waals surface area contributed by atoms with Gasteiger partial charge in [-0.1, -0.05) is 37.3 Å². The molecule has 0 saturated carbocycles. The Balaban J connectivity index is 1.88. The molecule has 3 rings (SSSR count). The minimum Gasteiger partial charge on any atom is -0.325 e. The van der Waals surface area contributed by atoms with Crippen molar-refractivity contribution in [3.8, 4) is 0 Å². The number of benzene rings is 2. The highest BCUT2D eigenvalue weighted by Gasteiger charge is 2.34. The Bertz CT molecular complexity index is 779. The minimum absolute atomic E-state index is 0.0574. The van der Waals surface area contributed by atoms with Gasteiger partial charge < -0.3 is 5.32 Å². The van der Waals surface area contributed by atoms with Crippen LogP contribution in [0.5, 0.6) is 0 Å². The van der Waals surface area contributed by atoms with E-state index in [1.807, 2.05) is 47.4 Å². The Labute approximate surface area is 156 Å². The molecule has 1 saturated heterocycles. The van der Waals surface area contributed by atoms with Crippen molar-refractivity contribution in [3.63, 3.8) is 0 Å². The first-order valence-corrected chi connectivity index (χ1v) is 9.69. The number of hydrogen-bond donors (Lipinski definition) is 1. The maximum Gasteiger partial charge on any atom is 0.239 e. The normalized spacial score (nSPS) is 17.0. The molecule has 1 heterocycles. The van der Waals surface area contributed by atoms with E-state index in [0.29, 0.717) is 11.4 Å². The number of amides is 2. The van der Waals surface area contributed by atoms with Gasteiger partial charge in [0, 0.05) is 11.4 Å². The minimum atomic E-state index is -0.238. The predicted octanol–water partition coefficient (Wildman–Crippen LogP) is 4.20. The van der Waals surface area contributed by atoms with Crippen molar-refractivity contribution in [3.05, 3.63) is 59.7 Å². The summed E-state index contributed by atoms with van der Waals surface area (Å²) in [6, 6.07) is 15.6. The van der Waals surface area contributed by atoms with Gasteiger partial charge in [-0.05, 0) is 35.7 Å². The number of para-hydroxylation sites is 1. The number of thioether (sulfide) groups is 1. The highest BCUT2D eigenvalue weighted by atomic mass is 35.5. The summed E-state index contributed by atoms with van der Waals surface area (Å²) in [6.45, 7) is 2.09. The van der Waals surface area contributed by atoms with Crippen LogP contribution >= 0.6 is 23.4 Å². The molecule has 0 radical (unpaired) electrons. The van der Waals surface area contributed by atoms with Crippen LogP contribution < -0.4 is 10.2 Å². The number of nitrogens with one attached hydrogen (secondary N) is 1. The molecule has 25 heavy (non-hydrogen) atoms. The molecule has 1 aliphatic rings. The van der Waals surface area contributed by atoms with Crippen LogP contribution in [0.25, 0.3) is 0 Å². The SMILES string of the molecule is CCc1ccccc1N1C(=O)CSC1c1ccc(NC(=O)CCl)cc1. The number of carbonyl (C=O) groups is 2. The molecule has 2 aromatic rings. The van der Waals surface area contributed by atoms with Gasteiger partial charge in [-0.15, -0.1) is 23.4 Å². The standard InChI is InChI=1S/C19H19ClN2O2S/c1-2-13-5-3-4-6-16(13)22-18(24)12-25-19(22)14-7-9-15(10-8-14)21-17(23)11-20/h3-10,19H,2,11-12H2,1H3,(H,21,23). The van der Waals surface area contributed by atoms with Crippen molar-refractivity contribution < 1.29 is 9.59 Å². The summed E-state index contributed by atoms with van der Waals surface area (Å²) in [7, 11) is 0. The van der Waals surface area contributed by atoms with E-state index in [-0.39, 0.29) is 23.1 Å². The van der Waals surface area contributed by atoms with Crippen LogP contribution in [0.4, 0.5) is 11.4 Å². The molecule has 4 nitrogen and oxygen atoms in total. The van der Waals surface area contributed by atoms with E-state index in [2.05, 4.69) is 18.3 Å². The first-order chi connectivity index (χ1) is 12.1. The summed E-state index contributed by atoms with van der Waals surface area (Å²) in [6.07, 6.45) is 0.876. The third-order valence-corrected chi connectivity index (χ3v) is 5.56. The molecule has 0 aromatic heterocycles. The number of hydrogen-bond acceptors (Lipinski definition) is 3. The smallest absolute Gasteiger partial charge is 0.239 e. The zero-order valence-corrected chi connectivity index (χ0v) is 15.4. The number of nitrogens with zero attached hydrogens (tertiary/aromatic N) is 1. The van der Waals surface area contributed by atoms with Crippen LogP contribution in [0.1, 0.15) is 23.4 Å². The van der Waals surface area contributed by atoms with Gasteiger partial charge in [-0.3, -0.25) is 14.5 Å². The number of halogens is 1. The van der Waals surface area contributed by atoms with E-state index in [4.69, 9.17) is 11.6 Å². The lowest BCUT2D eigenvalue weighted by atomic mass is 10.1. The number of alkyl halides is 1. The lowest BCUT2D eigenvalue weighted by Gasteiger charge is -2.26. The second kappa shape index (κ2) is 7.93. The predicted molar refractivity (Wildman–Crippen MR) is 104 cm³/mol. The largest absolute Gasteiger partial charge is 0.325 e. The lowest BCUT2D eigenvalue weighted by molar-refractivity contribution is -0.116. The Morgan fingerprint density at radius 2 is 1.96 bits per heavy atom. The van der Waals surface area contributed by atoms with Crippen molar-refractivity contribution in [1.29, 1.82) is 0 Å². The van der Waals surface area contributed by atoms with Crippen LogP contribution in [-0.4, -0.2) is 23.4 Å². The van der Waals surface area contributed by atoms with E-state index < -0.39 is 0 Å². The first-order valence-electron chi connectivity index (χ1n) is 8.11. The van der Waals surface area contributed by atoms with Gasteiger partial charge in [-0.25, -0.2) is 0 Å². The summed E-state index contributed by atoms with van der Waals surface area (Å²) >= 11 is 7.13. The van der Waals surface area contributed by atoms with Crippen molar-refractivity contribution >= 4 is 46.6 Å². The van der Waals surface area contributed by atoms with Crippen LogP contribution in [-0.2, 0) is 16.0 Å². The van der Waals surface area contributed by atoms with Crippen molar-refractivity contribution in [2.24, 2.45) is 0 Å². The Morgan fingerprint density at radius 1 is 1.24 bits per heavy atom. The Hall–Kier alpha value is -1.98. The fraction of sp³-hybridized carbons (Fsp3) is 0.263. The van der Waals surface area contributed by atoms with Gasteiger partial charge in [0.25, 0.3) is 0 Å². The maximum atomic E-state index is 12.5. The van der Waals surface area contributed by atoms with Gasteiger partial charge in [0.15, 0.2) is 0 Å². The number of carbonyl (C=O) groups excluding carboxylic acids is 2. The highest BCUT2D eigenvalue weighted by Crippen LogP contribution is 2.43. The third kappa shape index (κ3) is 3.83. The summed E-state index contributed by atoms with van der Waals surface area (Å²) in [5, 5.41) is 2.66. The van der Waals surface area contributed by atoms with Crippen molar-refractivity contribution in [2.45, 2.75) is 18.7 Å². The van der Waals surface area contributed by atoms with Crippen molar-refractivity contribution in [2.75, 3.05) is 21.8 Å².